The smallest absolute Gasteiger partial charge is 0.407 e. The van der Waals surface area contributed by atoms with Crippen molar-refractivity contribution in [1.29, 1.82) is 0 Å². The number of aromatic nitrogens is 2. The Morgan fingerprint density at radius 1 is 1.21 bits per heavy atom. The van der Waals surface area contributed by atoms with Crippen LogP contribution < -0.4 is 15.5 Å². The van der Waals surface area contributed by atoms with Crippen LogP contribution in [0.3, 0.4) is 0 Å². The van der Waals surface area contributed by atoms with Gasteiger partial charge in [-0.3, -0.25) is 14.9 Å². The van der Waals surface area contributed by atoms with Gasteiger partial charge in [-0.1, -0.05) is 0 Å². The fraction of sp³-hybridized carbons (Fsp3) is 0.294. The number of pyridine rings is 2. The molecule has 2 amide bonds. The van der Waals surface area contributed by atoms with E-state index in [1.165, 1.54) is 36.2 Å². The van der Waals surface area contributed by atoms with Crippen molar-refractivity contribution in [3.8, 4) is 0 Å². The minimum Gasteiger partial charge on any atom is -0.465 e. The summed E-state index contributed by atoms with van der Waals surface area (Å²) in [5.74, 6) is 0.541. The Bertz CT molecular complexity index is 944. The molecule has 0 aliphatic carbocycles. The summed E-state index contributed by atoms with van der Waals surface area (Å²) in [4.78, 5) is 44.6. The molecule has 29 heavy (non-hydrogen) atoms. The predicted molar refractivity (Wildman–Crippen MR) is 105 cm³/mol. The average Bonchev–Trinajstić information content (AvgIpc) is 2.67. The van der Waals surface area contributed by atoms with Crippen LogP contribution in [0.2, 0.25) is 0 Å². The van der Waals surface area contributed by atoms with Gasteiger partial charge in [0.15, 0.2) is 0 Å². The molecule has 3 rings (SSSR count). The lowest BCUT2D eigenvalue weighted by molar-refractivity contribution is -0.384. The van der Waals surface area contributed by atoms with Crippen molar-refractivity contribution in [3.63, 3.8) is 0 Å². The summed E-state index contributed by atoms with van der Waals surface area (Å²) in [5, 5.41) is 25.9. The number of anilines is 4. The van der Waals surface area contributed by atoms with Gasteiger partial charge in [0, 0.05) is 57.1 Å². The zero-order chi connectivity index (χ0) is 21.0. The second-order valence-corrected chi connectivity index (χ2v) is 6.29. The van der Waals surface area contributed by atoms with Crippen molar-refractivity contribution in [3.05, 3.63) is 40.6 Å². The van der Waals surface area contributed by atoms with E-state index in [1.807, 2.05) is 4.90 Å². The first-order valence-electron chi connectivity index (χ1n) is 8.72. The first-order valence-corrected chi connectivity index (χ1v) is 8.72. The van der Waals surface area contributed by atoms with Crippen LogP contribution in [0, 0.1) is 10.1 Å². The third kappa shape index (κ3) is 4.86. The molecular weight excluding hydrogens is 382 g/mol. The molecule has 0 radical (unpaired) electrons. The van der Waals surface area contributed by atoms with Gasteiger partial charge in [0.05, 0.1) is 4.92 Å². The molecule has 1 fully saturated rings. The maximum absolute atomic E-state index is 11.4. The van der Waals surface area contributed by atoms with Crippen LogP contribution in [0.25, 0.3) is 0 Å². The largest absolute Gasteiger partial charge is 0.465 e. The van der Waals surface area contributed by atoms with Crippen LogP contribution in [0.5, 0.6) is 0 Å². The number of nitrogens with zero attached hydrogens (tertiary/aromatic N) is 5. The van der Waals surface area contributed by atoms with E-state index in [0.717, 1.165) is 0 Å². The third-order valence-corrected chi connectivity index (χ3v) is 4.26. The van der Waals surface area contributed by atoms with Gasteiger partial charge in [-0.2, -0.15) is 0 Å². The summed E-state index contributed by atoms with van der Waals surface area (Å²) in [6, 6.07) is 6.01. The maximum atomic E-state index is 11.4. The monoisotopic (exact) mass is 401 g/mol. The lowest BCUT2D eigenvalue weighted by Gasteiger charge is -2.33. The second kappa shape index (κ2) is 8.37. The molecule has 12 heteroatoms. The normalized spacial score (nSPS) is 13.7. The van der Waals surface area contributed by atoms with Gasteiger partial charge in [-0.05, 0) is 12.1 Å². The molecule has 1 saturated heterocycles. The van der Waals surface area contributed by atoms with E-state index in [1.54, 1.807) is 6.07 Å². The lowest BCUT2D eigenvalue weighted by Crippen LogP contribution is -2.48. The number of nitrogens with one attached hydrogen (secondary N) is 2. The molecule has 0 bridgehead atoms. The number of carbonyl (C=O) groups excluding carboxylic acids is 1. The number of carbonyl (C=O) groups is 2. The highest BCUT2D eigenvalue weighted by atomic mass is 16.6. The molecule has 0 aromatic carbocycles. The molecule has 152 valence electrons. The van der Waals surface area contributed by atoms with Gasteiger partial charge >= 0.3 is 11.8 Å². The maximum Gasteiger partial charge on any atom is 0.407 e. The molecule has 0 atom stereocenters. The number of nitro groups is 1. The topological polar surface area (TPSA) is 154 Å². The summed E-state index contributed by atoms with van der Waals surface area (Å²) in [7, 11) is 0. The minimum absolute atomic E-state index is 0.0353. The Balaban J connectivity index is 1.84. The van der Waals surface area contributed by atoms with Crippen molar-refractivity contribution < 1.29 is 19.6 Å². The summed E-state index contributed by atoms with van der Waals surface area (Å²) in [6.45, 7) is 2.85. The summed E-state index contributed by atoms with van der Waals surface area (Å²) in [5.41, 5.74) is 0.253. The van der Waals surface area contributed by atoms with E-state index < -0.39 is 11.0 Å². The Hall–Kier alpha value is -3.96. The van der Waals surface area contributed by atoms with Crippen molar-refractivity contribution in [2.45, 2.75) is 6.92 Å². The lowest BCUT2D eigenvalue weighted by atomic mass is 10.3. The van der Waals surface area contributed by atoms with Crippen molar-refractivity contribution in [2.24, 2.45) is 0 Å². The highest BCUT2D eigenvalue weighted by molar-refractivity contribution is 5.88. The molecule has 3 N–H and O–H groups in total. The Kier molecular flexibility index (Phi) is 5.71. The summed E-state index contributed by atoms with van der Waals surface area (Å²) >= 11 is 0. The number of hydrogen-bond acceptors (Lipinski definition) is 8. The van der Waals surface area contributed by atoms with Gasteiger partial charge in [0.2, 0.25) is 11.7 Å². The van der Waals surface area contributed by atoms with Crippen LogP contribution in [-0.4, -0.2) is 63.1 Å². The molecule has 2 aromatic rings. The SMILES string of the molecule is CC(=O)Nc1cc(Nc2nc(N3CCN(C(=O)O)CC3)ccc2[N+](=O)[O-])ccn1. The van der Waals surface area contributed by atoms with Gasteiger partial charge in [0.1, 0.15) is 11.6 Å². The second-order valence-electron chi connectivity index (χ2n) is 6.29. The number of piperazine rings is 1. The molecule has 3 heterocycles. The Labute approximate surface area is 165 Å². The first-order chi connectivity index (χ1) is 13.8. The van der Waals surface area contributed by atoms with Gasteiger partial charge in [-0.15, -0.1) is 0 Å². The van der Waals surface area contributed by atoms with Crippen molar-refractivity contribution in [1.82, 2.24) is 14.9 Å². The Morgan fingerprint density at radius 2 is 1.93 bits per heavy atom. The fourth-order valence-corrected chi connectivity index (χ4v) is 2.88. The van der Waals surface area contributed by atoms with Gasteiger partial charge in [0.25, 0.3) is 0 Å². The van der Waals surface area contributed by atoms with E-state index in [-0.39, 0.29) is 17.4 Å². The summed E-state index contributed by atoms with van der Waals surface area (Å²) < 4.78 is 0. The van der Waals surface area contributed by atoms with Crippen LogP contribution in [-0.2, 0) is 4.79 Å². The summed E-state index contributed by atoms with van der Waals surface area (Å²) in [6.07, 6.45) is 0.477. The van der Waals surface area contributed by atoms with Crippen LogP contribution in [0.15, 0.2) is 30.5 Å². The number of rotatable bonds is 5. The van der Waals surface area contributed by atoms with E-state index in [4.69, 9.17) is 5.11 Å². The van der Waals surface area contributed by atoms with E-state index in [9.17, 15) is 19.7 Å². The van der Waals surface area contributed by atoms with E-state index >= 15 is 0 Å². The van der Waals surface area contributed by atoms with E-state index in [0.29, 0.717) is 43.5 Å². The zero-order valence-electron chi connectivity index (χ0n) is 15.5. The fourth-order valence-electron chi connectivity index (χ4n) is 2.88. The van der Waals surface area contributed by atoms with Crippen molar-refractivity contribution in [2.75, 3.05) is 41.7 Å². The zero-order valence-corrected chi connectivity index (χ0v) is 15.5. The average molecular weight is 401 g/mol. The van der Waals surface area contributed by atoms with E-state index in [2.05, 4.69) is 20.6 Å². The highest BCUT2D eigenvalue weighted by Gasteiger charge is 2.24. The Morgan fingerprint density at radius 3 is 2.55 bits per heavy atom. The standard InChI is InChI=1S/C17H19N7O5/c1-11(25)19-14-10-12(4-5-18-14)20-16-13(24(28)29)2-3-15(21-16)22-6-8-23(9-7-22)17(26)27/h2-5,10H,6-9H2,1H3,(H,26,27)(H2,18,19,20,21,25). The van der Waals surface area contributed by atoms with Crippen molar-refractivity contribution >= 4 is 40.8 Å². The number of hydrogen-bond donors (Lipinski definition) is 3. The molecule has 2 aromatic heterocycles. The molecule has 0 spiro atoms. The molecular formula is C17H19N7O5. The molecule has 1 aliphatic rings. The molecule has 0 saturated carbocycles. The van der Waals surface area contributed by atoms with Crippen LogP contribution in [0.4, 0.5) is 33.6 Å². The quantitative estimate of drug-likeness (QED) is 0.503. The third-order valence-electron chi connectivity index (χ3n) is 4.26. The van der Waals surface area contributed by atoms with Gasteiger partial charge < -0.3 is 25.5 Å². The predicted octanol–water partition coefficient (Wildman–Crippen LogP) is 1.89. The van der Waals surface area contributed by atoms with Crippen LogP contribution in [0.1, 0.15) is 6.92 Å². The van der Waals surface area contributed by atoms with Gasteiger partial charge in [-0.25, -0.2) is 14.8 Å². The number of amides is 2. The van der Waals surface area contributed by atoms with Crippen LogP contribution >= 0.6 is 0 Å². The number of carboxylic acid groups (broad SMARTS) is 1. The molecule has 12 nitrogen and oxygen atoms in total. The highest BCUT2D eigenvalue weighted by Crippen LogP contribution is 2.29. The first kappa shape index (κ1) is 19.8. The molecule has 0 unspecified atom stereocenters. The minimum atomic E-state index is -0.976. The molecule has 1 aliphatic heterocycles.